The Hall–Kier alpha value is -3.36. The lowest BCUT2D eigenvalue weighted by Crippen LogP contribution is -2.31. The molecule has 0 radical (unpaired) electrons. The van der Waals surface area contributed by atoms with Crippen molar-refractivity contribution in [2.24, 2.45) is 0 Å². The van der Waals surface area contributed by atoms with Crippen LogP contribution in [0.25, 0.3) is 5.69 Å². The van der Waals surface area contributed by atoms with Crippen LogP contribution in [-0.2, 0) is 16.4 Å². The summed E-state index contributed by atoms with van der Waals surface area (Å²) in [6.07, 6.45) is 5.51. The highest BCUT2D eigenvalue weighted by molar-refractivity contribution is 7.89. The third kappa shape index (κ3) is 5.09. The Kier molecular flexibility index (Phi) is 6.43. The van der Waals surface area contributed by atoms with Gasteiger partial charge in [0.1, 0.15) is 0 Å². The Labute approximate surface area is 188 Å². The summed E-state index contributed by atoms with van der Waals surface area (Å²) in [6.45, 7) is 4.13. The van der Waals surface area contributed by atoms with Crippen molar-refractivity contribution in [3.8, 4) is 5.69 Å². The van der Waals surface area contributed by atoms with Gasteiger partial charge in [-0.25, -0.2) is 22.8 Å². The van der Waals surface area contributed by atoms with Gasteiger partial charge in [-0.3, -0.25) is 4.98 Å². The molecule has 0 aliphatic heterocycles. The van der Waals surface area contributed by atoms with E-state index in [1.165, 1.54) is 12.3 Å². The third-order valence-electron chi connectivity index (χ3n) is 5.10. The van der Waals surface area contributed by atoms with Gasteiger partial charge in [0.2, 0.25) is 0 Å². The number of aromatic nitrogens is 4. The van der Waals surface area contributed by atoms with E-state index in [9.17, 15) is 8.42 Å². The van der Waals surface area contributed by atoms with Crippen LogP contribution in [-0.4, -0.2) is 28.2 Å². The molecule has 0 spiro atoms. The van der Waals surface area contributed by atoms with Gasteiger partial charge in [-0.05, 0) is 60.4 Å². The first-order valence-corrected chi connectivity index (χ1v) is 11.9. The molecule has 0 aliphatic carbocycles. The number of nitrogens with zero attached hydrogens (tertiary/aromatic N) is 4. The minimum Gasteiger partial charge on any atom is -0.256 e. The zero-order valence-electron chi connectivity index (χ0n) is 18.0. The molecule has 3 heterocycles. The van der Waals surface area contributed by atoms with Gasteiger partial charge in [0.25, 0.3) is 10.0 Å². The molecule has 8 heteroatoms. The predicted molar refractivity (Wildman–Crippen MR) is 123 cm³/mol. The van der Waals surface area contributed by atoms with E-state index < -0.39 is 16.1 Å². The fraction of sp³-hybridized carbons (Fsp3) is 0.208. The van der Waals surface area contributed by atoms with Gasteiger partial charge in [-0.15, -0.1) is 0 Å². The molecule has 1 unspecified atom stereocenters. The molecular weight excluding hydrogens is 422 g/mol. The smallest absolute Gasteiger partial charge is 0.256 e. The van der Waals surface area contributed by atoms with E-state index in [1.54, 1.807) is 23.0 Å². The van der Waals surface area contributed by atoms with Crippen molar-refractivity contribution in [2.75, 3.05) is 0 Å². The van der Waals surface area contributed by atoms with E-state index in [1.807, 2.05) is 54.7 Å². The second-order valence-corrected chi connectivity index (χ2v) is 9.47. The normalized spacial score (nSPS) is 12.7. The summed E-state index contributed by atoms with van der Waals surface area (Å²) in [5.74, 6) is 0.233. The molecule has 1 N–H and O–H groups in total. The van der Waals surface area contributed by atoms with Crippen molar-refractivity contribution in [1.29, 1.82) is 0 Å². The van der Waals surface area contributed by atoms with Crippen LogP contribution in [0.4, 0.5) is 0 Å². The van der Waals surface area contributed by atoms with Crippen molar-refractivity contribution >= 4 is 10.0 Å². The van der Waals surface area contributed by atoms with Crippen molar-refractivity contribution < 1.29 is 8.42 Å². The Morgan fingerprint density at radius 1 is 0.906 bits per heavy atom. The van der Waals surface area contributed by atoms with Gasteiger partial charge in [-0.1, -0.05) is 38.1 Å². The Bertz CT molecular complexity index is 1260. The maximum Gasteiger partial charge on any atom is 0.258 e. The van der Waals surface area contributed by atoms with E-state index >= 15 is 0 Å². The zero-order chi connectivity index (χ0) is 22.6. The standard InChI is InChI=1S/C24H25N5O2S/c1-18(2)21-7-5-8-22(27-21)23(28-32(30,31)24-9-3-4-14-25-24)17-19-10-12-20(13-11-19)29-16-6-15-26-29/h3-16,18,23,28H,17H2,1-2H3. The van der Waals surface area contributed by atoms with Gasteiger partial charge in [-0.2, -0.15) is 5.10 Å². The SMILES string of the molecule is CC(C)c1cccc(C(Cc2ccc(-n3cccn3)cc2)NS(=O)(=O)c2ccccn2)n1. The minimum absolute atomic E-state index is 0.0148. The molecule has 164 valence electrons. The van der Waals surface area contributed by atoms with Crippen LogP contribution in [0, 0.1) is 0 Å². The van der Waals surface area contributed by atoms with Crippen LogP contribution in [0.2, 0.25) is 0 Å². The van der Waals surface area contributed by atoms with E-state index in [0.717, 1.165) is 16.9 Å². The third-order valence-corrected chi connectivity index (χ3v) is 6.48. The molecule has 0 fully saturated rings. The number of nitrogens with one attached hydrogen (secondary N) is 1. The summed E-state index contributed by atoms with van der Waals surface area (Å²) in [6, 6.07) is 19.8. The highest BCUT2D eigenvalue weighted by atomic mass is 32.2. The lowest BCUT2D eigenvalue weighted by atomic mass is 10.0. The summed E-state index contributed by atoms with van der Waals surface area (Å²) >= 11 is 0. The molecule has 0 aliphatic rings. The summed E-state index contributed by atoms with van der Waals surface area (Å²) < 4.78 is 30.6. The zero-order valence-corrected chi connectivity index (χ0v) is 18.8. The van der Waals surface area contributed by atoms with Crippen molar-refractivity contribution in [2.45, 2.75) is 37.3 Å². The maximum absolute atomic E-state index is 13.0. The minimum atomic E-state index is -3.82. The fourth-order valence-electron chi connectivity index (χ4n) is 3.39. The molecule has 7 nitrogen and oxygen atoms in total. The monoisotopic (exact) mass is 447 g/mol. The lowest BCUT2D eigenvalue weighted by molar-refractivity contribution is 0.545. The van der Waals surface area contributed by atoms with Gasteiger partial charge in [0.05, 0.1) is 17.4 Å². The van der Waals surface area contributed by atoms with Gasteiger partial charge < -0.3 is 0 Å². The second-order valence-electron chi connectivity index (χ2n) is 7.81. The molecule has 4 aromatic rings. The number of hydrogen-bond acceptors (Lipinski definition) is 5. The number of sulfonamides is 1. The summed E-state index contributed by atoms with van der Waals surface area (Å²) in [7, 11) is -3.82. The molecule has 0 saturated heterocycles. The molecule has 4 rings (SSSR count). The van der Waals surface area contributed by atoms with Crippen LogP contribution in [0.3, 0.4) is 0 Å². The molecule has 32 heavy (non-hydrogen) atoms. The first-order valence-electron chi connectivity index (χ1n) is 10.4. The lowest BCUT2D eigenvalue weighted by Gasteiger charge is -2.20. The van der Waals surface area contributed by atoms with E-state index in [4.69, 9.17) is 4.98 Å². The van der Waals surface area contributed by atoms with Crippen molar-refractivity contribution in [1.82, 2.24) is 24.5 Å². The average Bonchev–Trinajstić information content (AvgIpc) is 3.35. The molecule has 0 saturated carbocycles. The largest absolute Gasteiger partial charge is 0.258 e. The first-order chi connectivity index (χ1) is 15.4. The molecule has 1 atom stereocenters. The molecule has 3 aromatic heterocycles. The quantitative estimate of drug-likeness (QED) is 0.440. The van der Waals surface area contributed by atoms with Crippen LogP contribution >= 0.6 is 0 Å². The van der Waals surface area contributed by atoms with Gasteiger partial charge in [0.15, 0.2) is 5.03 Å². The average molecular weight is 448 g/mol. The molecule has 0 bridgehead atoms. The van der Waals surface area contributed by atoms with Gasteiger partial charge >= 0.3 is 0 Å². The summed E-state index contributed by atoms with van der Waals surface area (Å²) in [5, 5.41) is 4.23. The van der Waals surface area contributed by atoms with Crippen LogP contribution in [0.15, 0.2) is 90.3 Å². The number of hydrogen-bond donors (Lipinski definition) is 1. The predicted octanol–water partition coefficient (Wildman–Crippen LogP) is 4.05. The van der Waals surface area contributed by atoms with Gasteiger partial charge in [0, 0.05) is 24.3 Å². The van der Waals surface area contributed by atoms with Crippen LogP contribution in [0.1, 0.15) is 42.8 Å². The van der Waals surface area contributed by atoms with Crippen molar-refractivity contribution in [3.63, 3.8) is 0 Å². The number of pyridine rings is 2. The maximum atomic E-state index is 13.0. The van der Waals surface area contributed by atoms with E-state index in [-0.39, 0.29) is 10.9 Å². The number of benzene rings is 1. The summed E-state index contributed by atoms with van der Waals surface area (Å²) in [4.78, 5) is 8.75. The van der Waals surface area contributed by atoms with Crippen LogP contribution in [0.5, 0.6) is 0 Å². The Morgan fingerprint density at radius 2 is 1.69 bits per heavy atom. The number of rotatable bonds is 8. The second kappa shape index (κ2) is 9.42. The van der Waals surface area contributed by atoms with E-state index in [2.05, 4.69) is 28.7 Å². The fourth-order valence-corrected chi connectivity index (χ4v) is 4.54. The van der Waals surface area contributed by atoms with E-state index in [0.29, 0.717) is 12.1 Å². The molecular formula is C24H25N5O2S. The van der Waals surface area contributed by atoms with Crippen LogP contribution < -0.4 is 4.72 Å². The Morgan fingerprint density at radius 3 is 2.34 bits per heavy atom. The molecule has 0 amide bonds. The highest BCUT2D eigenvalue weighted by Crippen LogP contribution is 2.23. The summed E-state index contributed by atoms with van der Waals surface area (Å²) in [5.41, 5.74) is 3.50. The molecule has 1 aromatic carbocycles. The highest BCUT2D eigenvalue weighted by Gasteiger charge is 2.24. The van der Waals surface area contributed by atoms with Crippen molar-refractivity contribution in [3.05, 3.63) is 102 Å². The topological polar surface area (TPSA) is 89.8 Å². The Balaban J connectivity index is 1.65. The first kappa shape index (κ1) is 21.9.